The molecule has 0 aromatic heterocycles. The Morgan fingerprint density at radius 3 is 2.25 bits per heavy atom. The van der Waals surface area contributed by atoms with Crippen molar-refractivity contribution < 1.29 is 4.79 Å². The van der Waals surface area contributed by atoms with Gasteiger partial charge >= 0.3 is 0 Å². The summed E-state index contributed by atoms with van der Waals surface area (Å²) in [4.78, 5) is 14.3. The van der Waals surface area contributed by atoms with Crippen LogP contribution in [0.2, 0.25) is 0 Å². The third kappa shape index (κ3) is 2.21. The highest BCUT2D eigenvalue weighted by molar-refractivity contribution is 5.85. The minimum Gasteiger partial charge on any atom is -0.342 e. The molecule has 94 valence electrons. The number of hydrogen-bond acceptors (Lipinski definition) is 2. The maximum atomic E-state index is 12.2. The summed E-state index contributed by atoms with van der Waals surface area (Å²) in [5.41, 5.74) is 5.95. The Morgan fingerprint density at radius 1 is 1.25 bits per heavy atom. The zero-order valence-electron chi connectivity index (χ0n) is 10.2. The molecule has 0 aromatic rings. The smallest absolute Gasteiger partial charge is 0.226 e. The van der Waals surface area contributed by atoms with Crippen LogP contribution in [0.3, 0.4) is 0 Å². The van der Waals surface area contributed by atoms with Crippen LogP contribution in [0, 0.1) is 11.3 Å². The minimum absolute atomic E-state index is 0. The molecule has 3 nitrogen and oxygen atoms in total. The molecule has 2 aliphatic rings. The lowest BCUT2D eigenvalue weighted by Crippen LogP contribution is -2.60. The molecule has 16 heavy (non-hydrogen) atoms. The molecule has 1 aliphatic heterocycles. The van der Waals surface area contributed by atoms with Crippen LogP contribution in [0.5, 0.6) is 0 Å². The number of nitrogens with two attached hydrogens (primary N) is 1. The molecule has 2 atom stereocenters. The first kappa shape index (κ1) is 13.8. The summed E-state index contributed by atoms with van der Waals surface area (Å²) in [5, 5.41) is 0. The van der Waals surface area contributed by atoms with E-state index in [0.29, 0.717) is 5.91 Å². The molecule has 1 aliphatic carbocycles. The Labute approximate surface area is 104 Å². The van der Waals surface area contributed by atoms with Gasteiger partial charge < -0.3 is 10.6 Å². The minimum atomic E-state index is 0. The zero-order chi connectivity index (χ0) is 11.1. The number of carbonyl (C=O) groups excluding carboxylic acids is 1. The summed E-state index contributed by atoms with van der Waals surface area (Å²) in [5.74, 6) is 0.520. The van der Waals surface area contributed by atoms with Gasteiger partial charge in [-0.1, -0.05) is 13.8 Å². The number of rotatable bonds is 1. The Hall–Kier alpha value is -0.280. The van der Waals surface area contributed by atoms with Crippen LogP contribution in [0.15, 0.2) is 0 Å². The molecule has 1 saturated heterocycles. The van der Waals surface area contributed by atoms with Gasteiger partial charge in [-0.2, -0.15) is 0 Å². The predicted octanol–water partition coefficient (Wildman–Crippen LogP) is 1.79. The fourth-order valence-electron chi connectivity index (χ4n) is 2.71. The summed E-state index contributed by atoms with van der Waals surface area (Å²) in [6, 6.07) is 0.205. The van der Waals surface area contributed by atoms with Gasteiger partial charge in [-0.25, -0.2) is 0 Å². The third-order valence-corrected chi connectivity index (χ3v) is 4.31. The van der Waals surface area contributed by atoms with E-state index < -0.39 is 0 Å². The van der Waals surface area contributed by atoms with Gasteiger partial charge in [-0.3, -0.25) is 4.79 Å². The average molecular weight is 247 g/mol. The Bertz CT molecular complexity index is 262. The van der Waals surface area contributed by atoms with E-state index >= 15 is 0 Å². The molecule has 2 fully saturated rings. The number of piperidine rings is 1. The number of carbonyl (C=O) groups is 1. The maximum absolute atomic E-state index is 12.2. The first-order valence-electron chi connectivity index (χ1n) is 6.08. The summed E-state index contributed by atoms with van der Waals surface area (Å²) in [6.45, 7) is 6.16. The Kier molecular flexibility index (Phi) is 4.24. The first-order chi connectivity index (χ1) is 7.03. The van der Waals surface area contributed by atoms with Crippen LogP contribution >= 0.6 is 12.4 Å². The second-order valence-electron chi connectivity index (χ2n) is 5.60. The molecule has 0 radical (unpaired) electrons. The molecule has 4 heteroatoms. The van der Waals surface area contributed by atoms with Crippen molar-refractivity contribution in [3.05, 3.63) is 0 Å². The van der Waals surface area contributed by atoms with Gasteiger partial charge in [0.15, 0.2) is 0 Å². The van der Waals surface area contributed by atoms with E-state index in [1.807, 2.05) is 4.90 Å². The van der Waals surface area contributed by atoms with Gasteiger partial charge in [-0.05, 0) is 31.1 Å². The summed E-state index contributed by atoms with van der Waals surface area (Å²) >= 11 is 0. The highest BCUT2D eigenvalue weighted by atomic mass is 35.5. The van der Waals surface area contributed by atoms with E-state index in [-0.39, 0.29) is 29.8 Å². The SMILES string of the molecule is CC1(C)[C@H](N)C[C@@H]1C(=O)N1CCCCC1.Cl. The Balaban J connectivity index is 0.00000128. The maximum Gasteiger partial charge on any atom is 0.226 e. The lowest BCUT2D eigenvalue weighted by molar-refractivity contribution is -0.148. The van der Waals surface area contributed by atoms with Crippen molar-refractivity contribution in [2.75, 3.05) is 13.1 Å². The van der Waals surface area contributed by atoms with Crippen LogP contribution in [0.25, 0.3) is 0 Å². The largest absolute Gasteiger partial charge is 0.342 e. The lowest BCUT2D eigenvalue weighted by atomic mass is 9.58. The normalized spacial score (nSPS) is 32.6. The van der Waals surface area contributed by atoms with Gasteiger partial charge in [0.25, 0.3) is 0 Å². The molecular formula is C12H23ClN2O. The van der Waals surface area contributed by atoms with E-state index in [2.05, 4.69) is 13.8 Å². The van der Waals surface area contributed by atoms with Crippen LogP contribution in [0.1, 0.15) is 39.5 Å². The molecule has 0 aromatic carbocycles. The van der Waals surface area contributed by atoms with Gasteiger partial charge in [0.1, 0.15) is 0 Å². The number of halogens is 1. The summed E-state index contributed by atoms with van der Waals surface area (Å²) < 4.78 is 0. The standard InChI is InChI=1S/C12H22N2O.ClH/c1-12(2)9(8-10(12)13)11(15)14-6-4-3-5-7-14;/h9-10H,3-8,13H2,1-2H3;1H/t9-,10-;/m1./s1. The fraction of sp³-hybridized carbons (Fsp3) is 0.917. The highest BCUT2D eigenvalue weighted by Gasteiger charge is 2.50. The van der Waals surface area contributed by atoms with Crippen LogP contribution in [-0.4, -0.2) is 29.9 Å². The number of nitrogens with zero attached hydrogens (tertiary/aromatic N) is 1. The van der Waals surface area contributed by atoms with Gasteiger partial charge in [0, 0.05) is 25.0 Å². The molecule has 1 heterocycles. The number of hydrogen-bond donors (Lipinski definition) is 1. The summed E-state index contributed by atoms with van der Waals surface area (Å²) in [6.07, 6.45) is 4.50. The van der Waals surface area contributed by atoms with Gasteiger partial charge in [0.2, 0.25) is 5.91 Å². The summed E-state index contributed by atoms with van der Waals surface area (Å²) in [7, 11) is 0. The van der Waals surface area contributed by atoms with Crippen molar-refractivity contribution in [1.82, 2.24) is 4.90 Å². The van der Waals surface area contributed by atoms with Crippen molar-refractivity contribution in [2.24, 2.45) is 17.1 Å². The number of likely N-dealkylation sites (tertiary alicyclic amines) is 1. The van der Waals surface area contributed by atoms with Crippen molar-refractivity contribution >= 4 is 18.3 Å². The van der Waals surface area contributed by atoms with Crippen LogP contribution < -0.4 is 5.73 Å². The molecule has 2 rings (SSSR count). The first-order valence-corrected chi connectivity index (χ1v) is 6.08. The van der Waals surface area contributed by atoms with Crippen molar-refractivity contribution in [3.63, 3.8) is 0 Å². The van der Waals surface area contributed by atoms with Crippen LogP contribution in [0.4, 0.5) is 0 Å². The van der Waals surface area contributed by atoms with E-state index in [9.17, 15) is 4.79 Å². The van der Waals surface area contributed by atoms with E-state index in [0.717, 1.165) is 19.5 Å². The van der Waals surface area contributed by atoms with Crippen molar-refractivity contribution in [2.45, 2.75) is 45.6 Å². The van der Waals surface area contributed by atoms with E-state index in [1.165, 1.54) is 19.3 Å². The molecule has 0 bridgehead atoms. The molecule has 2 N–H and O–H groups in total. The molecule has 0 spiro atoms. The monoisotopic (exact) mass is 246 g/mol. The zero-order valence-corrected chi connectivity index (χ0v) is 11.1. The second-order valence-corrected chi connectivity index (χ2v) is 5.60. The van der Waals surface area contributed by atoms with E-state index in [4.69, 9.17) is 5.73 Å². The molecule has 1 amide bonds. The van der Waals surface area contributed by atoms with Gasteiger partial charge in [-0.15, -0.1) is 12.4 Å². The van der Waals surface area contributed by atoms with Gasteiger partial charge in [0.05, 0.1) is 0 Å². The molecular weight excluding hydrogens is 224 g/mol. The molecule has 0 unspecified atom stereocenters. The second kappa shape index (κ2) is 4.92. The van der Waals surface area contributed by atoms with E-state index in [1.54, 1.807) is 0 Å². The predicted molar refractivity (Wildman–Crippen MR) is 67.5 cm³/mol. The van der Waals surface area contributed by atoms with Crippen molar-refractivity contribution in [3.8, 4) is 0 Å². The highest BCUT2D eigenvalue weighted by Crippen LogP contribution is 2.46. The number of amides is 1. The molecule has 1 saturated carbocycles. The lowest BCUT2D eigenvalue weighted by Gasteiger charge is -2.51. The van der Waals surface area contributed by atoms with Crippen LogP contribution in [-0.2, 0) is 4.79 Å². The average Bonchev–Trinajstić information content (AvgIpc) is 2.26. The topological polar surface area (TPSA) is 46.3 Å². The quantitative estimate of drug-likeness (QED) is 0.767. The third-order valence-electron chi connectivity index (χ3n) is 4.31. The van der Waals surface area contributed by atoms with Crippen molar-refractivity contribution in [1.29, 1.82) is 0 Å². The fourth-order valence-corrected chi connectivity index (χ4v) is 2.71. The Morgan fingerprint density at radius 2 is 1.81 bits per heavy atom.